The number of aryl methyl sites for hydroxylation is 2. The van der Waals surface area contributed by atoms with Crippen LogP contribution in [-0.4, -0.2) is 39.2 Å². The highest BCUT2D eigenvalue weighted by molar-refractivity contribution is 7.86. The molecule has 46 heavy (non-hydrogen) atoms. The lowest BCUT2D eigenvalue weighted by atomic mass is 10.1. The number of azo groups is 2. The zero-order valence-corrected chi connectivity index (χ0v) is 27.1. The van der Waals surface area contributed by atoms with Crippen molar-refractivity contribution in [2.75, 3.05) is 13.2 Å². The molecule has 0 saturated heterocycles. The van der Waals surface area contributed by atoms with Crippen LogP contribution in [0.3, 0.4) is 0 Å². The molecule has 240 valence electrons. The van der Waals surface area contributed by atoms with Gasteiger partial charge < -0.3 is 9.47 Å². The van der Waals surface area contributed by atoms with E-state index in [2.05, 4.69) is 20.5 Å². The molecule has 0 radical (unpaired) electrons. The zero-order valence-electron chi connectivity index (χ0n) is 25.4. The van der Waals surface area contributed by atoms with Crippen LogP contribution >= 0.6 is 0 Å². The summed E-state index contributed by atoms with van der Waals surface area (Å²) < 4.78 is 79.8. The maximum atomic E-state index is 12.2. The van der Waals surface area contributed by atoms with Gasteiger partial charge in [-0.1, -0.05) is 24.3 Å². The van der Waals surface area contributed by atoms with Crippen LogP contribution in [0.1, 0.15) is 36.1 Å². The van der Waals surface area contributed by atoms with Crippen molar-refractivity contribution in [3.05, 3.63) is 95.1 Å². The van der Waals surface area contributed by atoms with Crippen LogP contribution in [0, 0.1) is 13.8 Å². The first kappa shape index (κ1) is 34.1. The highest BCUT2D eigenvalue weighted by Gasteiger charge is 2.18. The van der Waals surface area contributed by atoms with Crippen LogP contribution in [0.15, 0.2) is 103 Å². The molecule has 0 fully saturated rings. The van der Waals surface area contributed by atoms with E-state index in [1.165, 1.54) is 36.4 Å². The Bertz CT molecular complexity index is 1910. The smallest absolute Gasteiger partial charge is 0.295 e. The molecule has 0 amide bonds. The van der Waals surface area contributed by atoms with Crippen LogP contribution in [0.2, 0.25) is 0 Å². The molecule has 0 bridgehead atoms. The molecule has 0 aromatic heterocycles. The van der Waals surface area contributed by atoms with Crippen molar-refractivity contribution in [1.29, 1.82) is 0 Å². The predicted molar refractivity (Wildman–Crippen MR) is 174 cm³/mol. The van der Waals surface area contributed by atoms with Gasteiger partial charge in [0.2, 0.25) is 0 Å². The quantitative estimate of drug-likeness (QED) is 0.0859. The number of rotatable bonds is 12. The van der Waals surface area contributed by atoms with Crippen LogP contribution in [0.25, 0.3) is 12.2 Å². The summed E-state index contributed by atoms with van der Waals surface area (Å²) in [6, 6.07) is 18.4. The molecule has 0 aliphatic rings. The Morgan fingerprint density at radius 3 is 1.20 bits per heavy atom. The lowest BCUT2D eigenvalue weighted by Gasteiger charge is -2.07. The summed E-state index contributed by atoms with van der Waals surface area (Å²) in [6.07, 6.45) is 2.57. The van der Waals surface area contributed by atoms with Crippen molar-refractivity contribution in [2.24, 2.45) is 20.5 Å². The standard InChI is InChI=1S/C32H32N4O8S2/c1-5-43-29-15-13-25(17-21(29)3)33-35-27-11-9-23(31(19-27)45(37,38)39)7-8-24-10-12-28(20-32(24)46(40,41)42)36-34-26-14-16-30(44-6-2)22(4)18-26/h7-20H,5-6H2,1-4H3,(H,37,38,39)(H,40,41,42)/b8-7+,35-33?,36-34?. The van der Waals surface area contributed by atoms with Gasteiger partial charge in [-0.15, -0.1) is 0 Å². The first-order chi connectivity index (χ1) is 21.8. The molecule has 14 heteroatoms. The van der Waals surface area contributed by atoms with Gasteiger partial charge in [-0.3, -0.25) is 9.11 Å². The Morgan fingerprint density at radius 2 is 0.891 bits per heavy atom. The second-order valence-corrected chi connectivity index (χ2v) is 12.7. The number of hydrogen-bond acceptors (Lipinski definition) is 10. The summed E-state index contributed by atoms with van der Waals surface area (Å²) in [5.74, 6) is 1.42. The van der Waals surface area contributed by atoms with Crippen LogP contribution in [0.5, 0.6) is 11.5 Å². The Labute approximate surface area is 267 Å². The zero-order chi connectivity index (χ0) is 33.5. The second kappa shape index (κ2) is 14.6. The third kappa shape index (κ3) is 8.91. The van der Waals surface area contributed by atoms with Gasteiger partial charge in [0.25, 0.3) is 20.2 Å². The Kier molecular flexibility index (Phi) is 10.8. The molecule has 0 atom stereocenters. The maximum Gasteiger partial charge on any atom is 0.295 e. The summed E-state index contributed by atoms with van der Waals surface area (Å²) in [6.45, 7) is 8.50. The SMILES string of the molecule is CCOc1ccc(N=Nc2ccc(/C=C/c3ccc(N=Nc4ccc(OCC)c(C)c4)cc3S(=O)(=O)O)c(S(=O)(=O)O)c2)cc1C. The van der Waals surface area contributed by atoms with E-state index in [0.29, 0.717) is 36.1 Å². The minimum Gasteiger partial charge on any atom is -0.494 e. The molecule has 0 aliphatic heterocycles. The highest BCUT2D eigenvalue weighted by Crippen LogP contribution is 2.31. The average Bonchev–Trinajstić information content (AvgIpc) is 3.00. The summed E-state index contributed by atoms with van der Waals surface area (Å²) in [5.41, 5.74) is 3.08. The Balaban J connectivity index is 1.62. The van der Waals surface area contributed by atoms with E-state index in [1.807, 2.05) is 27.7 Å². The van der Waals surface area contributed by atoms with E-state index in [9.17, 15) is 25.9 Å². The molecule has 0 aliphatic carbocycles. The van der Waals surface area contributed by atoms with E-state index in [1.54, 1.807) is 36.4 Å². The van der Waals surface area contributed by atoms with Crippen molar-refractivity contribution in [3.63, 3.8) is 0 Å². The molecular formula is C32H32N4O8S2. The normalized spacial score (nSPS) is 12.4. The van der Waals surface area contributed by atoms with Crippen molar-refractivity contribution in [2.45, 2.75) is 37.5 Å². The molecule has 2 N–H and O–H groups in total. The highest BCUT2D eigenvalue weighted by atomic mass is 32.2. The van der Waals surface area contributed by atoms with Crippen LogP contribution in [0.4, 0.5) is 22.7 Å². The minimum absolute atomic E-state index is 0.0364. The molecular weight excluding hydrogens is 633 g/mol. The monoisotopic (exact) mass is 664 g/mol. The van der Waals surface area contributed by atoms with E-state index < -0.39 is 30.0 Å². The third-order valence-electron chi connectivity index (χ3n) is 6.47. The minimum atomic E-state index is -4.72. The first-order valence-corrected chi connectivity index (χ1v) is 16.9. The van der Waals surface area contributed by atoms with Crippen molar-refractivity contribution < 1.29 is 35.4 Å². The number of nitrogens with zero attached hydrogens (tertiary/aromatic N) is 4. The van der Waals surface area contributed by atoms with Gasteiger partial charge in [0, 0.05) is 0 Å². The van der Waals surface area contributed by atoms with E-state index >= 15 is 0 Å². The topological polar surface area (TPSA) is 177 Å². The number of benzene rings is 4. The van der Waals surface area contributed by atoms with Gasteiger partial charge in [-0.2, -0.15) is 37.3 Å². The molecule has 0 spiro atoms. The van der Waals surface area contributed by atoms with Gasteiger partial charge in [-0.05, 0) is 111 Å². The first-order valence-electron chi connectivity index (χ1n) is 14.0. The molecule has 0 unspecified atom stereocenters. The molecule has 4 rings (SSSR count). The third-order valence-corrected chi connectivity index (χ3v) is 8.29. The van der Waals surface area contributed by atoms with Gasteiger partial charge in [0.15, 0.2) is 0 Å². The lowest BCUT2D eigenvalue weighted by Crippen LogP contribution is -2.01. The van der Waals surface area contributed by atoms with Crippen LogP contribution < -0.4 is 9.47 Å². The fourth-order valence-electron chi connectivity index (χ4n) is 4.33. The van der Waals surface area contributed by atoms with Gasteiger partial charge in [-0.25, -0.2) is 0 Å². The summed E-state index contributed by atoms with van der Waals surface area (Å²) in [7, 11) is -9.44. The average molecular weight is 665 g/mol. The fraction of sp³-hybridized carbons (Fsp3) is 0.188. The lowest BCUT2D eigenvalue weighted by molar-refractivity contribution is 0.338. The van der Waals surface area contributed by atoms with Gasteiger partial charge in [0.05, 0.1) is 36.0 Å². The van der Waals surface area contributed by atoms with Crippen LogP contribution in [-0.2, 0) is 20.2 Å². The Morgan fingerprint density at radius 1 is 0.565 bits per heavy atom. The van der Waals surface area contributed by atoms with Gasteiger partial charge >= 0.3 is 0 Å². The molecule has 0 saturated carbocycles. The van der Waals surface area contributed by atoms with Crippen molar-refractivity contribution in [3.8, 4) is 11.5 Å². The Hall–Kier alpha value is -4.76. The van der Waals surface area contributed by atoms with E-state index in [-0.39, 0.29) is 22.5 Å². The van der Waals surface area contributed by atoms with Crippen molar-refractivity contribution >= 4 is 55.1 Å². The van der Waals surface area contributed by atoms with Gasteiger partial charge in [0.1, 0.15) is 21.3 Å². The largest absolute Gasteiger partial charge is 0.494 e. The molecule has 4 aromatic rings. The maximum absolute atomic E-state index is 12.2. The molecule has 4 aromatic carbocycles. The van der Waals surface area contributed by atoms with E-state index in [0.717, 1.165) is 23.3 Å². The molecule has 0 heterocycles. The fourth-order valence-corrected chi connectivity index (χ4v) is 5.74. The van der Waals surface area contributed by atoms with E-state index in [4.69, 9.17) is 9.47 Å². The summed E-state index contributed by atoms with van der Waals surface area (Å²) in [4.78, 5) is -0.958. The number of hydrogen-bond donors (Lipinski definition) is 2. The summed E-state index contributed by atoms with van der Waals surface area (Å²) >= 11 is 0. The second-order valence-electron chi connectivity index (χ2n) is 9.89. The summed E-state index contributed by atoms with van der Waals surface area (Å²) in [5, 5.41) is 16.5. The molecule has 12 nitrogen and oxygen atoms in total. The predicted octanol–water partition coefficient (Wildman–Crippen LogP) is 8.60. The number of ether oxygens (including phenoxy) is 2. The van der Waals surface area contributed by atoms with Crippen molar-refractivity contribution in [1.82, 2.24) is 0 Å².